The SMILES string of the molecule is Cc1ccc(S(=O)(=O)Nc2ccc(NC(=O)c3occc3COc3ccccc3)cc2)cc1. The lowest BCUT2D eigenvalue weighted by atomic mass is 10.2. The molecule has 2 N–H and O–H groups in total. The largest absolute Gasteiger partial charge is 0.489 e. The van der Waals surface area contributed by atoms with Crippen molar-refractivity contribution in [2.75, 3.05) is 10.0 Å². The number of anilines is 2. The maximum atomic E-state index is 12.7. The summed E-state index contributed by atoms with van der Waals surface area (Å²) >= 11 is 0. The van der Waals surface area contributed by atoms with E-state index in [9.17, 15) is 13.2 Å². The minimum Gasteiger partial charge on any atom is -0.489 e. The van der Waals surface area contributed by atoms with Gasteiger partial charge in [-0.05, 0) is 61.5 Å². The third-order valence-electron chi connectivity index (χ3n) is 4.82. The van der Waals surface area contributed by atoms with Crippen molar-refractivity contribution >= 4 is 27.3 Å². The summed E-state index contributed by atoms with van der Waals surface area (Å²) in [7, 11) is -3.70. The van der Waals surface area contributed by atoms with Gasteiger partial charge in [0.15, 0.2) is 5.76 Å². The summed E-state index contributed by atoms with van der Waals surface area (Å²) < 4.78 is 38.6. The molecule has 0 saturated heterocycles. The molecule has 33 heavy (non-hydrogen) atoms. The summed E-state index contributed by atoms with van der Waals surface area (Å²) in [6, 6.07) is 23.9. The number of hydrogen-bond acceptors (Lipinski definition) is 5. The molecule has 4 rings (SSSR count). The molecule has 0 bridgehead atoms. The van der Waals surface area contributed by atoms with Crippen LogP contribution < -0.4 is 14.8 Å². The number of amides is 1. The summed E-state index contributed by atoms with van der Waals surface area (Å²) in [5.41, 5.74) is 2.45. The number of carbonyl (C=O) groups excluding carboxylic acids is 1. The third kappa shape index (κ3) is 5.61. The van der Waals surface area contributed by atoms with Gasteiger partial charge in [0, 0.05) is 16.9 Å². The molecule has 0 atom stereocenters. The van der Waals surface area contributed by atoms with Crippen LogP contribution in [0.1, 0.15) is 21.7 Å². The Morgan fingerprint density at radius 1 is 0.879 bits per heavy atom. The molecule has 1 aromatic heterocycles. The topological polar surface area (TPSA) is 97.6 Å². The first kappa shape index (κ1) is 22.2. The number of aryl methyl sites for hydroxylation is 1. The zero-order chi connectivity index (χ0) is 23.3. The predicted molar refractivity (Wildman–Crippen MR) is 126 cm³/mol. The molecule has 0 unspecified atom stereocenters. The van der Waals surface area contributed by atoms with Crippen LogP contribution in [-0.2, 0) is 16.6 Å². The highest BCUT2D eigenvalue weighted by molar-refractivity contribution is 7.92. The average Bonchev–Trinajstić information content (AvgIpc) is 3.29. The first-order valence-electron chi connectivity index (χ1n) is 10.2. The quantitative estimate of drug-likeness (QED) is 0.374. The number of nitrogens with one attached hydrogen (secondary N) is 2. The lowest BCUT2D eigenvalue weighted by Gasteiger charge is -2.10. The molecule has 1 heterocycles. The molecule has 0 aliphatic carbocycles. The molecule has 168 valence electrons. The molecule has 3 aromatic carbocycles. The van der Waals surface area contributed by atoms with Crippen LogP contribution in [0.2, 0.25) is 0 Å². The smallest absolute Gasteiger partial charge is 0.291 e. The van der Waals surface area contributed by atoms with Crippen molar-refractivity contribution in [1.82, 2.24) is 0 Å². The van der Waals surface area contributed by atoms with Gasteiger partial charge in [0.1, 0.15) is 12.4 Å². The molecule has 0 fully saturated rings. The van der Waals surface area contributed by atoms with Gasteiger partial charge in [0.25, 0.3) is 15.9 Å². The maximum absolute atomic E-state index is 12.7. The number of ether oxygens (including phenoxy) is 1. The van der Waals surface area contributed by atoms with Gasteiger partial charge in [-0.1, -0.05) is 35.9 Å². The van der Waals surface area contributed by atoms with E-state index in [1.54, 1.807) is 54.6 Å². The molecule has 0 saturated carbocycles. The highest BCUT2D eigenvalue weighted by Gasteiger charge is 2.17. The van der Waals surface area contributed by atoms with E-state index in [0.29, 0.717) is 22.7 Å². The maximum Gasteiger partial charge on any atom is 0.291 e. The standard InChI is InChI=1S/C25H22N2O5S/c1-18-7-13-23(14-8-18)33(29,30)27-21-11-9-20(10-12-21)26-25(28)24-19(15-16-31-24)17-32-22-5-3-2-4-6-22/h2-16,27H,17H2,1H3,(H,26,28). The fraction of sp³-hybridized carbons (Fsp3) is 0.0800. The van der Waals surface area contributed by atoms with Crippen LogP contribution in [0.3, 0.4) is 0 Å². The van der Waals surface area contributed by atoms with Crippen LogP contribution in [0.4, 0.5) is 11.4 Å². The fourth-order valence-electron chi connectivity index (χ4n) is 3.07. The Labute approximate surface area is 192 Å². The molecule has 0 aliphatic heterocycles. The summed E-state index contributed by atoms with van der Waals surface area (Å²) in [5.74, 6) is 0.406. The van der Waals surface area contributed by atoms with Crippen molar-refractivity contribution in [3.63, 3.8) is 0 Å². The number of benzene rings is 3. The van der Waals surface area contributed by atoms with Gasteiger partial charge in [0.2, 0.25) is 0 Å². The fourth-order valence-corrected chi connectivity index (χ4v) is 4.13. The minimum atomic E-state index is -3.70. The van der Waals surface area contributed by atoms with Crippen LogP contribution in [0.5, 0.6) is 5.75 Å². The number of para-hydroxylation sites is 1. The van der Waals surface area contributed by atoms with Gasteiger partial charge in [-0.25, -0.2) is 8.42 Å². The summed E-state index contributed by atoms with van der Waals surface area (Å²) in [6.45, 7) is 2.07. The predicted octanol–water partition coefficient (Wildman–Crippen LogP) is 5.22. The Bertz CT molecular complexity index is 1330. The molecular formula is C25H22N2O5S. The minimum absolute atomic E-state index is 0.148. The monoisotopic (exact) mass is 462 g/mol. The van der Waals surface area contributed by atoms with E-state index in [4.69, 9.17) is 9.15 Å². The van der Waals surface area contributed by atoms with Gasteiger partial charge < -0.3 is 14.5 Å². The Morgan fingerprint density at radius 3 is 2.24 bits per heavy atom. The van der Waals surface area contributed by atoms with E-state index in [1.807, 2.05) is 37.3 Å². The number of hydrogen-bond donors (Lipinski definition) is 2. The molecular weight excluding hydrogens is 440 g/mol. The van der Waals surface area contributed by atoms with E-state index < -0.39 is 15.9 Å². The van der Waals surface area contributed by atoms with E-state index in [1.165, 1.54) is 6.26 Å². The summed E-state index contributed by atoms with van der Waals surface area (Å²) in [6.07, 6.45) is 1.43. The summed E-state index contributed by atoms with van der Waals surface area (Å²) in [5, 5.41) is 2.75. The van der Waals surface area contributed by atoms with E-state index in [-0.39, 0.29) is 17.3 Å². The van der Waals surface area contributed by atoms with Gasteiger partial charge in [-0.2, -0.15) is 0 Å². The van der Waals surface area contributed by atoms with Gasteiger partial charge in [0.05, 0.1) is 11.2 Å². The van der Waals surface area contributed by atoms with E-state index in [0.717, 1.165) is 5.56 Å². The molecule has 0 radical (unpaired) electrons. The van der Waals surface area contributed by atoms with Crippen molar-refractivity contribution in [3.05, 3.63) is 108 Å². The van der Waals surface area contributed by atoms with Crippen molar-refractivity contribution in [1.29, 1.82) is 0 Å². The Kier molecular flexibility index (Phi) is 6.46. The van der Waals surface area contributed by atoms with Crippen LogP contribution in [0.15, 0.2) is 101 Å². The zero-order valence-corrected chi connectivity index (χ0v) is 18.6. The molecule has 0 aliphatic rings. The van der Waals surface area contributed by atoms with Gasteiger partial charge in [-0.15, -0.1) is 0 Å². The van der Waals surface area contributed by atoms with E-state index >= 15 is 0 Å². The highest BCUT2D eigenvalue weighted by Crippen LogP contribution is 2.21. The average molecular weight is 463 g/mol. The zero-order valence-electron chi connectivity index (χ0n) is 17.8. The van der Waals surface area contributed by atoms with Crippen molar-refractivity contribution < 1.29 is 22.4 Å². The number of rotatable bonds is 8. The van der Waals surface area contributed by atoms with Gasteiger partial charge in [-0.3, -0.25) is 9.52 Å². The molecule has 1 amide bonds. The lowest BCUT2D eigenvalue weighted by molar-refractivity contribution is 0.0993. The molecule has 0 spiro atoms. The van der Waals surface area contributed by atoms with Crippen molar-refractivity contribution in [3.8, 4) is 5.75 Å². The Morgan fingerprint density at radius 2 is 1.55 bits per heavy atom. The first-order valence-corrected chi connectivity index (χ1v) is 11.6. The molecule has 7 nitrogen and oxygen atoms in total. The van der Waals surface area contributed by atoms with Crippen LogP contribution in [-0.4, -0.2) is 14.3 Å². The van der Waals surface area contributed by atoms with Crippen LogP contribution in [0.25, 0.3) is 0 Å². The Balaban J connectivity index is 1.39. The summed E-state index contributed by atoms with van der Waals surface area (Å²) in [4.78, 5) is 12.8. The third-order valence-corrected chi connectivity index (χ3v) is 6.21. The van der Waals surface area contributed by atoms with Crippen LogP contribution in [0, 0.1) is 6.92 Å². The lowest BCUT2D eigenvalue weighted by Crippen LogP contribution is -2.14. The van der Waals surface area contributed by atoms with Gasteiger partial charge >= 0.3 is 0 Å². The normalized spacial score (nSPS) is 11.1. The van der Waals surface area contributed by atoms with Crippen molar-refractivity contribution in [2.24, 2.45) is 0 Å². The van der Waals surface area contributed by atoms with Crippen LogP contribution >= 0.6 is 0 Å². The second-order valence-corrected chi connectivity index (χ2v) is 9.01. The number of sulfonamides is 1. The number of furan rings is 1. The van der Waals surface area contributed by atoms with Crippen molar-refractivity contribution in [2.45, 2.75) is 18.4 Å². The highest BCUT2D eigenvalue weighted by atomic mass is 32.2. The van der Waals surface area contributed by atoms with E-state index in [2.05, 4.69) is 10.0 Å². The first-order chi connectivity index (χ1) is 15.9. The Hall–Kier alpha value is -4.04. The second-order valence-electron chi connectivity index (χ2n) is 7.33. The molecule has 4 aromatic rings. The number of carbonyl (C=O) groups is 1. The molecule has 8 heteroatoms. The second kappa shape index (κ2) is 9.62.